The molecule has 1 amide bonds. The largest absolute Gasteiger partial charge is 0.384 e. The summed E-state index contributed by atoms with van der Waals surface area (Å²) in [6.45, 7) is 3.83. The van der Waals surface area contributed by atoms with Gasteiger partial charge in [0.15, 0.2) is 0 Å². The number of rotatable bonds is 3. The SMILES string of the molecule is CC(C)n1cc(NC(=O)c2cccc(C#CCO)c2)cn1. The molecule has 5 nitrogen and oxygen atoms in total. The van der Waals surface area contributed by atoms with Crippen molar-refractivity contribution in [2.24, 2.45) is 0 Å². The van der Waals surface area contributed by atoms with Crippen LogP contribution in [0.2, 0.25) is 0 Å². The summed E-state index contributed by atoms with van der Waals surface area (Å²) in [5.74, 6) is 5.12. The molecule has 108 valence electrons. The zero-order chi connectivity index (χ0) is 15.2. The van der Waals surface area contributed by atoms with Crippen LogP contribution < -0.4 is 5.32 Å². The Kier molecular flexibility index (Phi) is 4.75. The van der Waals surface area contributed by atoms with Gasteiger partial charge in [-0.15, -0.1) is 0 Å². The van der Waals surface area contributed by atoms with Crippen LogP contribution in [0.15, 0.2) is 36.7 Å². The molecule has 0 radical (unpaired) electrons. The van der Waals surface area contributed by atoms with E-state index in [0.29, 0.717) is 16.8 Å². The van der Waals surface area contributed by atoms with Crippen LogP contribution in [0.4, 0.5) is 5.69 Å². The van der Waals surface area contributed by atoms with Crippen LogP contribution in [0.3, 0.4) is 0 Å². The highest BCUT2D eigenvalue weighted by molar-refractivity contribution is 6.04. The van der Waals surface area contributed by atoms with E-state index in [0.717, 1.165) is 0 Å². The number of hydrogen-bond donors (Lipinski definition) is 2. The molecular formula is C16H17N3O2. The minimum Gasteiger partial charge on any atom is -0.384 e. The van der Waals surface area contributed by atoms with E-state index < -0.39 is 0 Å². The molecule has 1 aromatic carbocycles. The number of aliphatic hydroxyl groups excluding tert-OH is 1. The van der Waals surface area contributed by atoms with Crippen LogP contribution in [0.5, 0.6) is 0 Å². The van der Waals surface area contributed by atoms with Crippen molar-refractivity contribution < 1.29 is 9.90 Å². The van der Waals surface area contributed by atoms with Gasteiger partial charge in [-0.3, -0.25) is 9.48 Å². The second-order valence-electron chi connectivity index (χ2n) is 4.80. The van der Waals surface area contributed by atoms with Gasteiger partial charge in [0.1, 0.15) is 6.61 Å². The molecule has 2 N–H and O–H groups in total. The minimum absolute atomic E-state index is 0.204. The van der Waals surface area contributed by atoms with E-state index in [1.54, 1.807) is 41.3 Å². The number of hydrogen-bond acceptors (Lipinski definition) is 3. The summed E-state index contributed by atoms with van der Waals surface area (Å²) in [6.07, 6.45) is 3.41. The van der Waals surface area contributed by atoms with Crippen molar-refractivity contribution in [3.8, 4) is 11.8 Å². The number of anilines is 1. The molecular weight excluding hydrogens is 266 g/mol. The van der Waals surface area contributed by atoms with Gasteiger partial charge in [0.25, 0.3) is 5.91 Å². The second-order valence-corrected chi connectivity index (χ2v) is 4.80. The Morgan fingerprint density at radius 3 is 2.95 bits per heavy atom. The second kappa shape index (κ2) is 6.73. The van der Waals surface area contributed by atoms with Crippen LogP contribution >= 0.6 is 0 Å². The lowest BCUT2D eigenvalue weighted by Crippen LogP contribution is -2.11. The molecule has 0 spiro atoms. The van der Waals surface area contributed by atoms with Crippen LogP contribution in [0, 0.1) is 11.8 Å². The number of carbonyl (C=O) groups is 1. The van der Waals surface area contributed by atoms with Gasteiger partial charge in [-0.1, -0.05) is 17.9 Å². The molecule has 0 bridgehead atoms. The first kappa shape index (κ1) is 14.8. The Morgan fingerprint density at radius 2 is 2.29 bits per heavy atom. The molecule has 0 saturated heterocycles. The molecule has 0 atom stereocenters. The Bertz CT molecular complexity index is 693. The molecule has 2 aromatic rings. The van der Waals surface area contributed by atoms with E-state index >= 15 is 0 Å². The lowest BCUT2D eigenvalue weighted by Gasteiger charge is -2.04. The third-order valence-electron chi connectivity index (χ3n) is 2.83. The Balaban J connectivity index is 2.12. The molecule has 1 aromatic heterocycles. The summed E-state index contributed by atoms with van der Waals surface area (Å²) >= 11 is 0. The van der Waals surface area contributed by atoms with E-state index in [-0.39, 0.29) is 18.6 Å². The first-order valence-corrected chi connectivity index (χ1v) is 6.65. The van der Waals surface area contributed by atoms with Gasteiger partial charge in [0.2, 0.25) is 0 Å². The van der Waals surface area contributed by atoms with Gasteiger partial charge in [-0.2, -0.15) is 5.10 Å². The van der Waals surface area contributed by atoms with E-state index in [1.165, 1.54) is 0 Å². The Hall–Kier alpha value is -2.58. The quantitative estimate of drug-likeness (QED) is 0.847. The fourth-order valence-electron chi connectivity index (χ4n) is 1.77. The first-order valence-electron chi connectivity index (χ1n) is 6.65. The van der Waals surface area contributed by atoms with Crippen molar-refractivity contribution in [3.05, 3.63) is 47.8 Å². The molecule has 2 rings (SSSR count). The molecule has 0 fully saturated rings. The van der Waals surface area contributed by atoms with Gasteiger partial charge >= 0.3 is 0 Å². The van der Waals surface area contributed by atoms with Crippen molar-refractivity contribution in [2.45, 2.75) is 19.9 Å². The number of aliphatic hydroxyl groups is 1. The monoisotopic (exact) mass is 283 g/mol. The number of nitrogens with one attached hydrogen (secondary N) is 1. The summed E-state index contributed by atoms with van der Waals surface area (Å²) in [4.78, 5) is 12.2. The summed E-state index contributed by atoms with van der Waals surface area (Å²) < 4.78 is 1.78. The van der Waals surface area contributed by atoms with E-state index in [1.807, 2.05) is 13.8 Å². The number of benzene rings is 1. The smallest absolute Gasteiger partial charge is 0.255 e. The molecule has 0 aliphatic rings. The number of aromatic nitrogens is 2. The lowest BCUT2D eigenvalue weighted by molar-refractivity contribution is 0.102. The third-order valence-corrected chi connectivity index (χ3v) is 2.83. The standard InChI is InChI=1S/C16H17N3O2/c1-12(2)19-11-15(10-17-19)18-16(21)14-7-3-5-13(9-14)6-4-8-20/h3,5,7,9-12,20H,8H2,1-2H3,(H,18,21). The highest BCUT2D eigenvalue weighted by atomic mass is 16.2. The van der Waals surface area contributed by atoms with Crippen molar-refractivity contribution >= 4 is 11.6 Å². The maximum absolute atomic E-state index is 12.2. The molecule has 21 heavy (non-hydrogen) atoms. The number of amides is 1. The molecule has 5 heteroatoms. The van der Waals surface area contributed by atoms with Crippen molar-refractivity contribution in [3.63, 3.8) is 0 Å². The average Bonchev–Trinajstić information content (AvgIpc) is 2.94. The molecule has 0 aliphatic heterocycles. The topological polar surface area (TPSA) is 67.2 Å². The van der Waals surface area contributed by atoms with E-state index in [9.17, 15) is 4.79 Å². The Morgan fingerprint density at radius 1 is 1.48 bits per heavy atom. The zero-order valence-electron chi connectivity index (χ0n) is 12.0. The van der Waals surface area contributed by atoms with Crippen LogP contribution in [0.25, 0.3) is 0 Å². The van der Waals surface area contributed by atoms with E-state index in [4.69, 9.17) is 5.11 Å². The normalized spacial score (nSPS) is 10.1. The predicted molar refractivity (Wildman–Crippen MR) is 81.0 cm³/mol. The summed E-state index contributed by atoms with van der Waals surface area (Å²) in [5, 5.41) is 15.7. The van der Waals surface area contributed by atoms with Gasteiger partial charge in [-0.05, 0) is 32.0 Å². The van der Waals surface area contributed by atoms with Crippen molar-refractivity contribution in [1.82, 2.24) is 9.78 Å². The fourth-order valence-corrected chi connectivity index (χ4v) is 1.77. The fraction of sp³-hybridized carbons (Fsp3) is 0.250. The van der Waals surface area contributed by atoms with Gasteiger partial charge in [0, 0.05) is 23.4 Å². The maximum atomic E-state index is 12.2. The Labute approximate surface area is 123 Å². The van der Waals surface area contributed by atoms with Crippen molar-refractivity contribution in [1.29, 1.82) is 0 Å². The van der Waals surface area contributed by atoms with Gasteiger partial charge in [0.05, 0.1) is 11.9 Å². The molecule has 0 aliphatic carbocycles. The van der Waals surface area contributed by atoms with Crippen LogP contribution in [-0.4, -0.2) is 27.4 Å². The zero-order valence-corrected chi connectivity index (χ0v) is 12.0. The summed E-state index contributed by atoms with van der Waals surface area (Å²) in [7, 11) is 0. The molecule has 0 unspecified atom stereocenters. The van der Waals surface area contributed by atoms with Crippen LogP contribution in [-0.2, 0) is 0 Å². The molecule has 1 heterocycles. The highest BCUT2D eigenvalue weighted by Gasteiger charge is 2.08. The highest BCUT2D eigenvalue weighted by Crippen LogP contribution is 2.12. The number of nitrogens with zero attached hydrogens (tertiary/aromatic N) is 2. The minimum atomic E-state index is -0.217. The van der Waals surface area contributed by atoms with Crippen molar-refractivity contribution in [2.75, 3.05) is 11.9 Å². The van der Waals surface area contributed by atoms with Gasteiger partial charge in [-0.25, -0.2) is 0 Å². The predicted octanol–water partition coefficient (Wildman–Crippen LogP) is 2.06. The number of carbonyl (C=O) groups excluding carboxylic acids is 1. The maximum Gasteiger partial charge on any atom is 0.255 e. The average molecular weight is 283 g/mol. The molecule has 0 saturated carbocycles. The van der Waals surface area contributed by atoms with Crippen LogP contribution in [0.1, 0.15) is 35.8 Å². The van der Waals surface area contributed by atoms with E-state index in [2.05, 4.69) is 22.3 Å². The summed E-state index contributed by atoms with van der Waals surface area (Å²) in [5.41, 5.74) is 1.85. The summed E-state index contributed by atoms with van der Waals surface area (Å²) in [6, 6.07) is 7.19. The first-order chi connectivity index (χ1) is 10.1. The third kappa shape index (κ3) is 3.94. The van der Waals surface area contributed by atoms with Gasteiger partial charge < -0.3 is 10.4 Å². The lowest BCUT2D eigenvalue weighted by atomic mass is 10.1.